The van der Waals surface area contributed by atoms with Crippen LogP contribution >= 0.6 is 8.38 Å². The van der Waals surface area contributed by atoms with E-state index in [1.54, 1.807) is 18.5 Å². The van der Waals surface area contributed by atoms with Gasteiger partial charge in [-0.1, -0.05) is 45.4 Å². The summed E-state index contributed by atoms with van der Waals surface area (Å²) < 4.78 is 12.9. The standard InChI is InChI=1S/C19H27N6O3P.C2H6/c1-3-7-14(2)22-17-16-18(24-19(20)23-17)25(12-21-16)10-11-27-13-29(26)28-15-8-5-4-6-9-15;1-2/h4-6,8-9,12,14,26H,3,7,10-11,13H2,1-2H3,(H3,20,22,23,24);1-2H3. The molecule has 3 aromatic rings. The first-order valence-electron chi connectivity index (χ1n) is 10.6. The van der Waals surface area contributed by atoms with Gasteiger partial charge in [0.05, 0.1) is 12.9 Å². The van der Waals surface area contributed by atoms with Gasteiger partial charge in [0.15, 0.2) is 17.0 Å². The first-order valence-corrected chi connectivity index (χ1v) is 12.0. The number of aromatic nitrogens is 4. The number of hydrogen-bond donors (Lipinski definition) is 3. The van der Waals surface area contributed by atoms with Crippen LogP contribution in [0.1, 0.15) is 40.5 Å². The predicted octanol–water partition coefficient (Wildman–Crippen LogP) is 4.39. The maximum atomic E-state index is 9.98. The van der Waals surface area contributed by atoms with E-state index in [2.05, 4.69) is 34.1 Å². The Kier molecular flexibility index (Phi) is 10.4. The van der Waals surface area contributed by atoms with Crippen molar-refractivity contribution in [1.29, 1.82) is 0 Å². The number of nitrogen functional groups attached to an aromatic ring is 1. The van der Waals surface area contributed by atoms with E-state index in [1.165, 1.54) is 0 Å². The Balaban J connectivity index is 0.00000166. The average Bonchev–Trinajstić information content (AvgIpc) is 3.16. The van der Waals surface area contributed by atoms with Crippen LogP contribution in [0.4, 0.5) is 11.8 Å². The largest absolute Gasteiger partial charge is 0.446 e. The van der Waals surface area contributed by atoms with Crippen LogP contribution < -0.4 is 15.6 Å². The third-order valence-corrected chi connectivity index (χ3v) is 5.04. The molecule has 0 aliphatic carbocycles. The fraction of sp³-hybridized carbons (Fsp3) is 0.476. The lowest BCUT2D eigenvalue weighted by molar-refractivity contribution is 0.160. The Hall–Kier alpha value is -2.48. The van der Waals surface area contributed by atoms with Crippen molar-refractivity contribution in [1.82, 2.24) is 19.5 Å². The molecule has 0 spiro atoms. The lowest BCUT2D eigenvalue weighted by Gasteiger charge is -2.14. The van der Waals surface area contributed by atoms with Crippen LogP contribution in [0.3, 0.4) is 0 Å². The molecule has 170 valence electrons. The highest BCUT2D eigenvalue weighted by Crippen LogP contribution is 2.33. The number of imidazole rings is 1. The van der Waals surface area contributed by atoms with Crippen molar-refractivity contribution in [3.63, 3.8) is 0 Å². The summed E-state index contributed by atoms with van der Waals surface area (Å²) in [6.07, 6.45) is 3.91. The van der Waals surface area contributed by atoms with Gasteiger partial charge in [-0.2, -0.15) is 9.97 Å². The van der Waals surface area contributed by atoms with Gasteiger partial charge >= 0.3 is 0 Å². The van der Waals surface area contributed by atoms with Gasteiger partial charge < -0.3 is 29.8 Å². The smallest absolute Gasteiger partial charge is 0.255 e. The van der Waals surface area contributed by atoms with E-state index >= 15 is 0 Å². The number of nitrogens with two attached hydrogens (primary N) is 1. The molecular formula is C21H33N6O3P. The summed E-state index contributed by atoms with van der Waals surface area (Å²) in [6.45, 7) is 9.14. The van der Waals surface area contributed by atoms with Gasteiger partial charge in [-0.05, 0) is 25.5 Å². The number of ether oxygens (including phenoxy) is 1. The number of fused-ring (bicyclic) bond motifs is 1. The summed E-state index contributed by atoms with van der Waals surface area (Å²) in [4.78, 5) is 23.0. The number of rotatable bonds is 11. The molecule has 10 heteroatoms. The zero-order chi connectivity index (χ0) is 22.6. The van der Waals surface area contributed by atoms with E-state index in [0.717, 1.165) is 12.8 Å². The van der Waals surface area contributed by atoms with Crippen molar-refractivity contribution in [2.45, 2.75) is 53.1 Å². The van der Waals surface area contributed by atoms with Gasteiger partial charge in [0.1, 0.15) is 12.1 Å². The van der Waals surface area contributed by atoms with Crippen molar-refractivity contribution in [2.24, 2.45) is 0 Å². The number of hydrogen-bond acceptors (Lipinski definition) is 8. The molecule has 2 unspecified atom stereocenters. The van der Waals surface area contributed by atoms with Gasteiger partial charge in [-0.3, -0.25) is 0 Å². The highest BCUT2D eigenvalue weighted by atomic mass is 31.2. The third-order valence-electron chi connectivity index (χ3n) is 4.22. The molecule has 0 bridgehead atoms. The maximum Gasteiger partial charge on any atom is 0.255 e. The summed E-state index contributed by atoms with van der Waals surface area (Å²) in [5, 5.41) is 3.36. The van der Waals surface area contributed by atoms with E-state index in [-0.39, 0.29) is 18.3 Å². The van der Waals surface area contributed by atoms with Crippen LogP contribution in [-0.2, 0) is 11.3 Å². The average molecular weight is 449 g/mol. The highest BCUT2D eigenvalue weighted by Gasteiger charge is 2.14. The molecular weight excluding hydrogens is 415 g/mol. The van der Waals surface area contributed by atoms with Crippen LogP contribution in [0.25, 0.3) is 11.2 Å². The molecule has 0 fully saturated rings. The lowest BCUT2D eigenvalue weighted by Crippen LogP contribution is -2.17. The maximum absolute atomic E-state index is 9.98. The van der Waals surface area contributed by atoms with Crippen LogP contribution in [0.15, 0.2) is 36.7 Å². The van der Waals surface area contributed by atoms with Gasteiger partial charge in [0, 0.05) is 12.6 Å². The molecule has 9 nitrogen and oxygen atoms in total. The minimum absolute atomic E-state index is 0.120. The molecule has 2 heterocycles. The number of nitrogens with one attached hydrogen (secondary N) is 1. The predicted molar refractivity (Wildman–Crippen MR) is 126 cm³/mol. The fourth-order valence-electron chi connectivity index (χ4n) is 2.90. The fourth-order valence-corrected chi connectivity index (χ4v) is 3.60. The SMILES string of the molecule is CC.CCCC(C)Nc1nc(N)nc2c1ncn2CCOCP(O)Oc1ccccc1. The summed E-state index contributed by atoms with van der Waals surface area (Å²) in [5.41, 5.74) is 7.22. The van der Waals surface area contributed by atoms with Gasteiger partial charge in [0.25, 0.3) is 8.38 Å². The highest BCUT2D eigenvalue weighted by molar-refractivity contribution is 7.46. The Labute approximate surface area is 184 Å². The first kappa shape index (κ1) is 24.8. The van der Waals surface area contributed by atoms with Gasteiger partial charge in [0.2, 0.25) is 5.95 Å². The van der Waals surface area contributed by atoms with E-state index in [0.29, 0.717) is 35.9 Å². The number of nitrogens with zero attached hydrogens (tertiary/aromatic N) is 4. The number of anilines is 2. The summed E-state index contributed by atoms with van der Waals surface area (Å²) >= 11 is 0. The topological polar surface area (TPSA) is 120 Å². The molecule has 2 aromatic heterocycles. The molecule has 1 aromatic carbocycles. The minimum atomic E-state index is -1.69. The molecule has 0 saturated heterocycles. The molecule has 0 saturated carbocycles. The Morgan fingerprint density at radius 2 is 1.97 bits per heavy atom. The van der Waals surface area contributed by atoms with Crippen molar-refractivity contribution in [2.75, 3.05) is 24.0 Å². The summed E-state index contributed by atoms with van der Waals surface area (Å²) in [6, 6.07) is 9.44. The Bertz CT molecular complexity index is 909. The van der Waals surface area contributed by atoms with Crippen LogP contribution in [0.5, 0.6) is 5.75 Å². The molecule has 2 atom stereocenters. The Morgan fingerprint density at radius 3 is 2.68 bits per heavy atom. The third kappa shape index (κ3) is 7.61. The Morgan fingerprint density at radius 1 is 1.23 bits per heavy atom. The molecule has 0 aliphatic heterocycles. The zero-order valence-corrected chi connectivity index (χ0v) is 19.5. The minimum Gasteiger partial charge on any atom is -0.446 e. The van der Waals surface area contributed by atoms with Crippen LogP contribution in [-0.4, -0.2) is 43.4 Å². The molecule has 4 N–H and O–H groups in total. The first-order chi connectivity index (χ1) is 15.1. The summed E-state index contributed by atoms with van der Waals surface area (Å²) in [5.74, 6) is 1.46. The van der Waals surface area contributed by atoms with Crippen molar-refractivity contribution >= 4 is 31.3 Å². The van der Waals surface area contributed by atoms with E-state index in [4.69, 9.17) is 15.0 Å². The molecule has 0 aliphatic rings. The monoisotopic (exact) mass is 448 g/mol. The zero-order valence-electron chi connectivity index (χ0n) is 18.7. The van der Waals surface area contributed by atoms with E-state index in [1.807, 2.05) is 36.6 Å². The second-order valence-electron chi connectivity index (χ2n) is 6.67. The quantitative estimate of drug-likeness (QED) is 0.292. The molecule has 3 rings (SSSR count). The summed E-state index contributed by atoms with van der Waals surface area (Å²) in [7, 11) is -1.69. The van der Waals surface area contributed by atoms with Crippen molar-refractivity contribution < 1.29 is 14.2 Å². The molecule has 0 radical (unpaired) electrons. The van der Waals surface area contributed by atoms with Gasteiger partial charge in [-0.15, -0.1) is 0 Å². The lowest BCUT2D eigenvalue weighted by atomic mass is 10.2. The molecule has 31 heavy (non-hydrogen) atoms. The van der Waals surface area contributed by atoms with E-state index in [9.17, 15) is 4.89 Å². The van der Waals surface area contributed by atoms with Gasteiger partial charge in [-0.25, -0.2) is 4.98 Å². The van der Waals surface area contributed by atoms with Crippen LogP contribution in [0, 0.1) is 0 Å². The van der Waals surface area contributed by atoms with Crippen molar-refractivity contribution in [3.05, 3.63) is 36.7 Å². The van der Waals surface area contributed by atoms with Crippen molar-refractivity contribution in [3.8, 4) is 5.75 Å². The van der Waals surface area contributed by atoms with Crippen LogP contribution in [0.2, 0.25) is 0 Å². The number of benzene rings is 1. The second-order valence-corrected chi connectivity index (χ2v) is 7.81. The second kappa shape index (κ2) is 13.0. The molecule has 0 amide bonds. The van der Waals surface area contributed by atoms with E-state index < -0.39 is 8.38 Å². The number of para-hydroxylation sites is 1. The normalized spacial score (nSPS) is 12.7.